The van der Waals surface area contributed by atoms with E-state index in [0.717, 1.165) is 0 Å². The van der Waals surface area contributed by atoms with Crippen molar-refractivity contribution >= 4 is 13.1 Å². The van der Waals surface area contributed by atoms with E-state index < -0.39 is 7.14 Å². The number of rotatable bonds is 10. The Balaban J connectivity index is 3.31. The lowest BCUT2D eigenvalue weighted by Gasteiger charge is -2.07. The van der Waals surface area contributed by atoms with Crippen molar-refractivity contribution in [2.45, 2.75) is 13.3 Å². The summed E-state index contributed by atoms with van der Waals surface area (Å²) in [6.07, 6.45) is 0.611. The Morgan fingerprint density at radius 1 is 1.06 bits per heavy atom. The molecule has 0 aromatic carbocycles. The Morgan fingerprint density at radius 3 is 2.24 bits per heavy atom. The molecule has 0 heterocycles. The second-order valence-corrected chi connectivity index (χ2v) is 7.67. The second-order valence-electron chi connectivity index (χ2n) is 4.08. The molecule has 0 radical (unpaired) electrons. The summed E-state index contributed by atoms with van der Waals surface area (Å²) < 4.78 is 26.5. The second kappa shape index (κ2) is 9.63. The van der Waals surface area contributed by atoms with Crippen LogP contribution in [0.2, 0.25) is 0 Å². The Bertz CT molecular complexity index is 248. The van der Waals surface area contributed by atoms with Crippen molar-refractivity contribution in [2.24, 2.45) is 0 Å². The van der Waals surface area contributed by atoms with Gasteiger partial charge in [-0.15, -0.1) is 0 Å². The van der Waals surface area contributed by atoms with Crippen molar-refractivity contribution in [3.05, 3.63) is 0 Å². The molecule has 102 valence electrons. The molecule has 0 bridgehead atoms. The molecular formula is C11H23O5P. The van der Waals surface area contributed by atoms with Crippen molar-refractivity contribution in [1.29, 1.82) is 0 Å². The summed E-state index contributed by atoms with van der Waals surface area (Å²) >= 11 is 0. The van der Waals surface area contributed by atoms with Gasteiger partial charge >= 0.3 is 5.97 Å². The third-order valence-corrected chi connectivity index (χ3v) is 3.22. The smallest absolute Gasteiger partial charge is 0.306 e. The average molecular weight is 266 g/mol. The molecular weight excluding hydrogens is 243 g/mol. The highest BCUT2D eigenvalue weighted by Gasteiger charge is 2.11. The van der Waals surface area contributed by atoms with Crippen LogP contribution in [0.1, 0.15) is 13.3 Å². The molecule has 5 nitrogen and oxygen atoms in total. The standard InChI is InChI=1S/C11H23O5P/c1-4-14-6-7-15-8-9-16-11(12)5-10-17(2,3)13/h4-10H2,1-3H3. The summed E-state index contributed by atoms with van der Waals surface area (Å²) in [5, 5.41) is 0. The van der Waals surface area contributed by atoms with Gasteiger partial charge in [0.1, 0.15) is 6.61 Å². The third kappa shape index (κ3) is 13.6. The van der Waals surface area contributed by atoms with Crippen LogP contribution in [0.4, 0.5) is 0 Å². The predicted octanol–water partition coefficient (Wildman–Crippen LogP) is 1.60. The monoisotopic (exact) mass is 266 g/mol. The summed E-state index contributed by atoms with van der Waals surface area (Å²) in [6, 6.07) is 0. The number of ether oxygens (including phenoxy) is 3. The first-order chi connectivity index (χ1) is 7.95. The van der Waals surface area contributed by atoms with Gasteiger partial charge in [-0.2, -0.15) is 0 Å². The van der Waals surface area contributed by atoms with Crippen molar-refractivity contribution < 1.29 is 23.6 Å². The Labute approximate surface area is 103 Å². The molecule has 0 N–H and O–H groups in total. The van der Waals surface area contributed by atoms with E-state index in [0.29, 0.717) is 32.6 Å². The van der Waals surface area contributed by atoms with Gasteiger partial charge in [-0.1, -0.05) is 0 Å². The molecule has 6 heteroatoms. The SMILES string of the molecule is CCOCCOCCOC(=O)CCP(C)(C)=O. The van der Waals surface area contributed by atoms with Gasteiger partial charge < -0.3 is 18.8 Å². The summed E-state index contributed by atoms with van der Waals surface area (Å²) in [4.78, 5) is 11.2. The largest absolute Gasteiger partial charge is 0.463 e. The van der Waals surface area contributed by atoms with Crippen LogP contribution in [0.15, 0.2) is 0 Å². The number of esters is 1. The molecule has 0 atom stereocenters. The maximum Gasteiger partial charge on any atom is 0.306 e. The fourth-order valence-electron chi connectivity index (χ4n) is 1.01. The van der Waals surface area contributed by atoms with Gasteiger partial charge in [0, 0.05) is 12.8 Å². The van der Waals surface area contributed by atoms with E-state index in [1.165, 1.54) is 0 Å². The minimum atomic E-state index is -2.13. The molecule has 0 saturated carbocycles. The molecule has 0 fully saturated rings. The first-order valence-corrected chi connectivity index (χ1v) is 8.59. The minimum absolute atomic E-state index is 0.212. The van der Waals surface area contributed by atoms with Crippen LogP contribution in [0, 0.1) is 0 Å². The van der Waals surface area contributed by atoms with Gasteiger partial charge in [-0.25, -0.2) is 0 Å². The average Bonchev–Trinajstić information content (AvgIpc) is 2.24. The molecule has 0 aromatic heterocycles. The van der Waals surface area contributed by atoms with E-state index in [1.807, 2.05) is 6.92 Å². The fourth-order valence-corrected chi connectivity index (χ4v) is 1.73. The van der Waals surface area contributed by atoms with Crippen molar-refractivity contribution in [3.63, 3.8) is 0 Å². The van der Waals surface area contributed by atoms with E-state index in [2.05, 4.69) is 0 Å². The first-order valence-electron chi connectivity index (χ1n) is 5.81. The highest BCUT2D eigenvalue weighted by molar-refractivity contribution is 7.62. The maximum atomic E-state index is 11.3. The quantitative estimate of drug-likeness (QED) is 0.341. The Morgan fingerprint density at radius 2 is 1.65 bits per heavy atom. The molecule has 0 amide bonds. The number of hydrogen-bond acceptors (Lipinski definition) is 5. The third-order valence-electron chi connectivity index (χ3n) is 1.92. The van der Waals surface area contributed by atoms with Crippen LogP contribution in [0.3, 0.4) is 0 Å². The molecule has 0 aliphatic carbocycles. The van der Waals surface area contributed by atoms with Crippen molar-refractivity contribution in [2.75, 3.05) is 52.5 Å². The zero-order valence-electron chi connectivity index (χ0n) is 10.9. The highest BCUT2D eigenvalue weighted by atomic mass is 31.2. The number of hydrogen-bond donors (Lipinski definition) is 0. The van der Waals surface area contributed by atoms with Gasteiger partial charge in [-0.05, 0) is 20.3 Å². The van der Waals surface area contributed by atoms with Crippen LogP contribution in [0.25, 0.3) is 0 Å². The van der Waals surface area contributed by atoms with Crippen LogP contribution in [0.5, 0.6) is 0 Å². The van der Waals surface area contributed by atoms with Gasteiger partial charge in [0.2, 0.25) is 0 Å². The van der Waals surface area contributed by atoms with Crippen LogP contribution >= 0.6 is 7.14 Å². The zero-order chi connectivity index (χ0) is 13.1. The lowest BCUT2D eigenvalue weighted by molar-refractivity contribution is -0.144. The van der Waals surface area contributed by atoms with E-state index >= 15 is 0 Å². The van der Waals surface area contributed by atoms with Crippen molar-refractivity contribution in [3.8, 4) is 0 Å². The number of carbonyl (C=O) groups is 1. The topological polar surface area (TPSA) is 61.8 Å². The van der Waals surface area contributed by atoms with Gasteiger partial charge in [0.25, 0.3) is 0 Å². The van der Waals surface area contributed by atoms with E-state index in [4.69, 9.17) is 14.2 Å². The summed E-state index contributed by atoms with van der Waals surface area (Å²) in [7, 11) is -2.13. The minimum Gasteiger partial charge on any atom is -0.463 e. The fraction of sp³-hybridized carbons (Fsp3) is 0.909. The van der Waals surface area contributed by atoms with Crippen LogP contribution in [-0.4, -0.2) is 58.5 Å². The Kier molecular flexibility index (Phi) is 9.41. The first kappa shape index (κ1) is 16.6. The molecule has 0 aliphatic heterocycles. The summed E-state index contributed by atoms with van der Waals surface area (Å²) in [6.45, 7) is 7.59. The van der Waals surface area contributed by atoms with E-state index in [9.17, 15) is 9.36 Å². The molecule has 0 saturated heterocycles. The zero-order valence-corrected chi connectivity index (χ0v) is 11.8. The van der Waals surface area contributed by atoms with Crippen molar-refractivity contribution in [1.82, 2.24) is 0 Å². The molecule has 0 unspecified atom stereocenters. The predicted molar refractivity (Wildman–Crippen MR) is 67.2 cm³/mol. The van der Waals surface area contributed by atoms with Crippen LogP contribution in [-0.2, 0) is 23.6 Å². The molecule has 0 aliphatic rings. The number of carbonyl (C=O) groups excluding carboxylic acids is 1. The van der Waals surface area contributed by atoms with Crippen LogP contribution < -0.4 is 0 Å². The molecule has 17 heavy (non-hydrogen) atoms. The lowest BCUT2D eigenvalue weighted by atomic mass is 10.5. The van der Waals surface area contributed by atoms with Gasteiger partial charge in [-0.3, -0.25) is 4.79 Å². The normalized spacial score (nSPS) is 11.5. The maximum absolute atomic E-state index is 11.3. The van der Waals surface area contributed by atoms with Gasteiger partial charge in [0.15, 0.2) is 0 Å². The molecule has 0 spiro atoms. The highest BCUT2D eigenvalue weighted by Crippen LogP contribution is 2.36. The molecule has 0 rings (SSSR count). The molecule has 0 aromatic rings. The van der Waals surface area contributed by atoms with E-state index in [1.54, 1.807) is 13.3 Å². The summed E-state index contributed by atoms with van der Waals surface area (Å²) in [5.74, 6) is -0.317. The van der Waals surface area contributed by atoms with Gasteiger partial charge in [0.05, 0.1) is 33.4 Å². The van der Waals surface area contributed by atoms with E-state index in [-0.39, 0.29) is 19.0 Å². The Hall–Kier alpha value is -0.380. The lowest BCUT2D eigenvalue weighted by Crippen LogP contribution is -2.13. The summed E-state index contributed by atoms with van der Waals surface area (Å²) in [5.41, 5.74) is 0.